The molecule has 0 saturated carbocycles. The summed E-state index contributed by atoms with van der Waals surface area (Å²) in [5.41, 5.74) is 1.61. The van der Waals surface area contributed by atoms with Crippen molar-refractivity contribution in [1.29, 1.82) is 0 Å². The van der Waals surface area contributed by atoms with Crippen molar-refractivity contribution in [2.45, 2.75) is 13.8 Å². The van der Waals surface area contributed by atoms with Crippen LogP contribution in [0.15, 0.2) is 30.3 Å². The van der Waals surface area contributed by atoms with E-state index in [1.165, 1.54) is 12.1 Å². The van der Waals surface area contributed by atoms with Crippen LogP contribution in [-0.4, -0.2) is 25.1 Å². The van der Waals surface area contributed by atoms with E-state index in [1.54, 1.807) is 36.6 Å². The van der Waals surface area contributed by atoms with Gasteiger partial charge in [0.1, 0.15) is 5.82 Å². The maximum Gasteiger partial charge on any atom is 0.266 e. The molecule has 5 nitrogen and oxygen atoms in total. The summed E-state index contributed by atoms with van der Waals surface area (Å²) in [7, 11) is -3.65. The van der Waals surface area contributed by atoms with E-state index >= 15 is 0 Å². The first kappa shape index (κ1) is 15.2. The monoisotopic (exact) mass is 310 g/mol. The number of aryl methyl sites for hydroxylation is 1. The maximum atomic E-state index is 13.9. The summed E-state index contributed by atoms with van der Waals surface area (Å²) in [6.07, 6.45) is 0.904. The zero-order chi connectivity index (χ0) is 15.8. The van der Waals surface area contributed by atoms with Gasteiger partial charge in [0.25, 0.3) is 5.91 Å². The highest BCUT2D eigenvalue weighted by Crippen LogP contribution is 2.22. The van der Waals surface area contributed by atoms with E-state index in [-0.39, 0.29) is 5.56 Å². The van der Waals surface area contributed by atoms with Gasteiger partial charge < -0.3 is 4.57 Å². The topological polar surface area (TPSA) is 68.2 Å². The van der Waals surface area contributed by atoms with Gasteiger partial charge in [-0.15, -0.1) is 0 Å². The Bertz CT molecular complexity index is 810. The van der Waals surface area contributed by atoms with Crippen molar-refractivity contribution in [3.63, 3.8) is 0 Å². The molecule has 1 amide bonds. The van der Waals surface area contributed by atoms with E-state index in [9.17, 15) is 17.6 Å². The van der Waals surface area contributed by atoms with E-state index in [0.717, 1.165) is 6.26 Å². The number of halogens is 1. The summed E-state index contributed by atoms with van der Waals surface area (Å²) in [6, 6.07) is 7.71. The number of carbonyl (C=O) groups is 1. The van der Waals surface area contributed by atoms with Crippen LogP contribution in [0.2, 0.25) is 0 Å². The molecule has 0 atom stereocenters. The van der Waals surface area contributed by atoms with Crippen molar-refractivity contribution in [2.75, 3.05) is 6.26 Å². The van der Waals surface area contributed by atoms with Crippen LogP contribution in [0.1, 0.15) is 21.7 Å². The number of amides is 1. The van der Waals surface area contributed by atoms with E-state index in [0.29, 0.717) is 17.1 Å². The van der Waals surface area contributed by atoms with Crippen LogP contribution in [0.3, 0.4) is 0 Å². The molecule has 21 heavy (non-hydrogen) atoms. The molecule has 1 heterocycles. The minimum Gasteiger partial charge on any atom is -0.315 e. The van der Waals surface area contributed by atoms with Crippen molar-refractivity contribution in [3.05, 3.63) is 53.1 Å². The van der Waals surface area contributed by atoms with Crippen LogP contribution in [0.25, 0.3) is 5.69 Å². The number of hydrogen-bond acceptors (Lipinski definition) is 3. The molecular weight excluding hydrogens is 295 g/mol. The maximum absolute atomic E-state index is 13.9. The molecule has 7 heteroatoms. The van der Waals surface area contributed by atoms with Crippen LogP contribution < -0.4 is 4.72 Å². The molecule has 0 aliphatic heterocycles. The van der Waals surface area contributed by atoms with Crippen LogP contribution in [0, 0.1) is 19.7 Å². The number of aromatic nitrogens is 1. The van der Waals surface area contributed by atoms with Gasteiger partial charge in [-0.2, -0.15) is 0 Å². The van der Waals surface area contributed by atoms with E-state index < -0.39 is 21.7 Å². The number of nitrogens with one attached hydrogen (secondary N) is 1. The predicted octanol–water partition coefficient (Wildman–Crippen LogP) is 1.92. The first-order valence-corrected chi connectivity index (χ1v) is 8.06. The number of nitrogens with zero attached hydrogens (tertiary/aromatic N) is 1. The first-order valence-electron chi connectivity index (χ1n) is 6.16. The Morgan fingerprint density at radius 3 is 2.43 bits per heavy atom. The normalized spacial score (nSPS) is 11.4. The largest absolute Gasteiger partial charge is 0.315 e. The summed E-state index contributed by atoms with van der Waals surface area (Å²) < 4.78 is 39.7. The number of carbonyl (C=O) groups excluding carboxylic acids is 1. The molecule has 0 aliphatic carbocycles. The molecular formula is C14H15FN2O3S. The highest BCUT2D eigenvalue weighted by Gasteiger charge is 2.20. The molecule has 1 N–H and O–H groups in total. The van der Waals surface area contributed by atoms with Crippen LogP contribution in [0.4, 0.5) is 4.39 Å². The summed E-state index contributed by atoms with van der Waals surface area (Å²) in [5.74, 6) is -1.15. The number of para-hydroxylation sites is 1. The van der Waals surface area contributed by atoms with Gasteiger partial charge in [-0.25, -0.2) is 17.5 Å². The molecule has 0 fully saturated rings. The van der Waals surface area contributed by atoms with Crippen molar-refractivity contribution in [3.8, 4) is 5.69 Å². The first-order chi connectivity index (χ1) is 9.70. The van der Waals surface area contributed by atoms with Gasteiger partial charge in [0.2, 0.25) is 10.0 Å². The molecule has 0 bridgehead atoms. The standard InChI is InChI=1S/C14H15FN2O3S/c1-9-8-11(14(18)16-21(3,19)20)10(2)17(9)13-7-5-4-6-12(13)15/h4-8H,1-3H3,(H,16,18). The third-order valence-electron chi connectivity index (χ3n) is 3.05. The van der Waals surface area contributed by atoms with E-state index in [2.05, 4.69) is 0 Å². The Kier molecular flexibility index (Phi) is 3.87. The van der Waals surface area contributed by atoms with Crippen LogP contribution in [0.5, 0.6) is 0 Å². The second-order valence-corrected chi connectivity index (χ2v) is 6.52. The van der Waals surface area contributed by atoms with Crippen molar-refractivity contribution < 1.29 is 17.6 Å². The second kappa shape index (κ2) is 5.33. The van der Waals surface area contributed by atoms with Crippen molar-refractivity contribution in [1.82, 2.24) is 9.29 Å². The van der Waals surface area contributed by atoms with Crippen molar-refractivity contribution in [2.24, 2.45) is 0 Å². The molecule has 0 spiro atoms. The fourth-order valence-corrected chi connectivity index (χ4v) is 2.67. The molecule has 2 aromatic rings. The number of benzene rings is 1. The highest BCUT2D eigenvalue weighted by molar-refractivity contribution is 7.89. The zero-order valence-electron chi connectivity index (χ0n) is 11.8. The van der Waals surface area contributed by atoms with E-state index in [1.807, 2.05) is 4.72 Å². The average molecular weight is 310 g/mol. The lowest BCUT2D eigenvalue weighted by Crippen LogP contribution is -2.29. The van der Waals surface area contributed by atoms with Gasteiger partial charge in [0.05, 0.1) is 17.5 Å². The summed E-state index contributed by atoms with van der Waals surface area (Å²) in [6.45, 7) is 3.35. The molecule has 0 radical (unpaired) electrons. The minimum absolute atomic E-state index is 0.196. The summed E-state index contributed by atoms with van der Waals surface area (Å²) >= 11 is 0. The van der Waals surface area contributed by atoms with Crippen molar-refractivity contribution >= 4 is 15.9 Å². The SMILES string of the molecule is Cc1cc(C(=O)NS(C)(=O)=O)c(C)n1-c1ccccc1F. The molecule has 2 rings (SSSR count). The number of sulfonamides is 1. The average Bonchev–Trinajstić information content (AvgIpc) is 2.64. The van der Waals surface area contributed by atoms with Gasteiger partial charge >= 0.3 is 0 Å². The van der Waals surface area contributed by atoms with Gasteiger partial charge in [-0.3, -0.25) is 4.79 Å². The third-order valence-corrected chi connectivity index (χ3v) is 3.60. The molecule has 0 unspecified atom stereocenters. The predicted molar refractivity (Wildman–Crippen MR) is 77.5 cm³/mol. The van der Waals surface area contributed by atoms with Gasteiger partial charge in [0, 0.05) is 11.4 Å². The van der Waals surface area contributed by atoms with Crippen LogP contribution >= 0.6 is 0 Å². The van der Waals surface area contributed by atoms with Gasteiger partial charge in [0.15, 0.2) is 0 Å². The lowest BCUT2D eigenvalue weighted by Gasteiger charge is -2.10. The molecule has 0 saturated heterocycles. The Morgan fingerprint density at radius 2 is 1.86 bits per heavy atom. The minimum atomic E-state index is -3.65. The Labute approximate surface area is 122 Å². The van der Waals surface area contributed by atoms with Crippen LogP contribution in [-0.2, 0) is 10.0 Å². The number of rotatable bonds is 3. The molecule has 1 aromatic carbocycles. The Balaban J connectivity index is 2.53. The zero-order valence-corrected chi connectivity index (χ0v) is 12.7. The van der Waals surface area contributed by atoms with Gasteiger partial charge in [-0.05, 0) is 32.0 Å². The molecule has 112 valence electrons. The summed E-state index contributed by atoms with van der Waals surface area (Å²) in [5, 5.41) is 0. The number of hydrogen-bond donors (Lipinski definition) is 1. The lowest BCUT2D eigenvalue weighted by atomic mass is 10.2. The van der Waals surface area contributed by atoms with Gasteiger partial charge in [-0.1, -0.05) is 12.1 Å². The fraction of sp³-hybridized carbons (Fsp3) is 0.214. The highest BCUT2D eigenvalue weighted by atomic mass is 32.2. The molecule has 1 aromatic heterocycles. The fourth-order valence-electron chi connectivity index (χ4n) is 2.22. The Hall–Kier alpha value is -2.15. The Morgan fingerprint density at radius 1 is 1.24 bits per heavy atom. The van der Waals surface area contributed by atoms with E-state index in [4.69, 9.17) is 0 Å². The second-order valence-electron chi connectivity index (χ2n) is 4.77. The quantitative estimate of drug-likeness (QED) is 0.942. The molecule has 0 aliphatic rings. The lowest BCUT2D eigenvalue weighted by molar-refractivity contribution is 0.0981. The third kappa shape index (κ3) is 3.13. The smallest absolute Gasteiger partial charge is 0.266 e. The summed E-state index contributed by atoms with van der Waals surface area (Å²) in [4.78, 5) is 12.0.